The maximum Gasteiger partial charge on any atom is 0.163 e. The quantitative estimate of drug-likeness (QED) is 0.554. The maximum atomic E-state index is 11.4. The summed E-state index contributed by atoms with van der Waals surface area (Å²) in [6, 6.07) is 5.31. The van der Waals surface area contributed by atoms with Gasteiger partial charge < -0.3 is 10.2 Å². The third-order valence-electron chi connectivity index (χ3n) is 2.24. The van der Waals surface area contributed by atoms with Crippen molar-refractivity contribution < 1.29 is 9.21 Å². The largest absolute Gasteiger partial charge is 0.461 e. The Kier molecular flexibility index (Phi) is 1.81. The number of ketones is 1. The third kappa shape index (κ3) is 1.18. The summed E-state index contributed by atoms with van der Waals surface area (Å²) in [5.41, 5.74) is 7.63. The third-order valence-corrected chi connectivity index (χ3v) is 2.24. The summed E-state index contributed by atoms with van der Waals surface area (Å²) >= 11 is 0. The molecule has 0 saturated heterocycles. The number of benzene rings is 1. The lowest BCUT2D eigenvalue weighted by Gasteiger charge is -1.94. The molecule has 3 heteroatoms. The van der Waals surface area contributed by atoms with E-state index < -0.39 is 0 Å². The van der Waals surface area contributed by atoms with Crippen molar-refractivity contribution in [1.82, 2.24) is 0 Å². The van der Waals surface area contributed by atoms with Crippen LogP contribution in [0.3, 0.4) is 0 Å². The van der Waals surface area contributed by atoms with Gasteiger partial charge in [-0.2, -0.15) is 0 Å². The highest BCUT2D eigenvalue weighted by molar-refractivity contribution is 6.07. The number of carbonyl (C=O) groups excluding carboxylic acids is 1. The van der Waals surface area contributed by atoms with Gasteiger partial charge in [0.15, 0.2) is 5.78 Å². The van der Waals surface area contributed by atoms with Crippen molar-refractivity contribution in [2.45, 2.75) is 13.8 Å². The van der Waals surface area contributed by atoms with E-state index in [0.29, 0.717) is 22.6 Å². The molecular weight excluding hydrogens is 178 g/mol. The zero-order valence-corrected chi connectivity index (χ0v) is 8.13. The second-order valence-corrected chi connectivity index (χ2v) is 3.35. The molecule has 0 atom stereocenters. The molecule has 0 spiro atoms. The smallest absolute Gasteiger partial charge is 0.163 e. The van der Waals surface area contributed by atoms with Gasteiger partial charge in [-0.15, -0.1) is 0 Å². The highest BCUT2D eigenvalue weighted by atomic mass is 16.3. The molecule has 0 fully saturated rings. The first-order valence-electron chi connectivity index (χ1n) is 4.39. The fourth-order valence-electron chi connectivity index (χ4n) is 1.68. The Morgan fingerprint density at radius 3 is 2.79 bits per heavy atom. The Labute approximate surface area is 81.5 Å². The van der Waals surface area contributed by atoms with E-state index in [1.807, 2.05) is 0 Å². The lowest BCUT2D eigenvalue weighted by molar-refractivity contribution is 0.101. The lowest BCUT2D eigenvalue weighted by Crippen LogP contribution is -1.92. The molecule has 2 N–H and O–H groups in total. The molecule has 0 amide bonds. The summed E-state index contributed by atoms with van der Waals surface area (Å²) in [7, 11) is 0. The number of carbonyl (C=O) groups is 1. The number of fused-ring (bicyclic) bond motifs is 1. The van der Waals surface area contributed by atoms with Gasteiger partial charge in [-0.3, -0.25) is 4.79 Å². The number of anilines is 1. The zero-order chi connectivity index (χ0) is 10.3. The summed E-state index contributed by atoms with van der Waals surface area (Å²) in [6.45, 7) is 3.31. The van der Waals surface area contributed by atoms with Crippen LogP contribution in [0.4, 0.5) is 5.69 Å². The van der Waals surface area contributed by atoms with Crippen LogP contribution >= 0.6 is 0 Å². The van der Waals surface area contributed by atoms with E-state index >= 15 is 0 Å². The van der Waals surface area contributed by atoms with E-state index in [0.717, 1.165) is 5.39 Å². The molecule has 0 aliphatic rings. The van der Waals surface area contributed by atoms with Crippen molar-refractivity contribution in [1.29, 1.82) is 0 Å². The zero-order valence-electron chi connectivity index (χ0n) is 8.13. The Morgan fingerprint density at radius 1 is 1.43 bits per heavy atom. The molecule has 1 aromatic heterocycles. The number of rotatable bonds is 1. The molecule has 0 saturated carbocycles. The molecular formula is C11H11NO2. The van der Waals surface area contributed by atoms with Gasteiger partial charge in [0.05, 0.1) is 5.56 Å². The van der Waals surface area contributed by atoms with Crippen LogP contribution in [0, 0.1) is 6.92 Å². The molecule has 1 aromatic carbocycles. The molecule has 0 bridgehead atoms. The van der Waals surface area contributed by atoms with Crippen molar-refractivity contribution in [3.63, 3.8) is 0 Å². The second-order valence-electron chi connectivity index (χ2n) is 3.35. The highest BCUT2D eigenvalue weighted by Crippen LogP contribution is 2.27. The maximum absolute atomic E-state index is 11.4. The van der Waals surface area contributed by atoms with Crippen LogP contribution in [0.2, 0.25) is 0 Å². The number of hydrogen-bond donors (Lipinski definition) is 1. The number of Topliss-reactive ketones (excluding diaryl/α,β-unsaturated/α-hetero) is 1. The minimum Gasteiger partial charge on any atom is -0.461 e. The molecule has 0 aliphatic heterocycles. The number of aryl methyl sites for hydroxylation is 1. The van der Waals surface area contributed by atoms with E-state index in [-0.39, 0.29) is 5.78 Å². The Morgan fingerprint density at radius 2 is 2.14 bits per heavy atom. The molecule has 14 heavy (non-hydrogen) atoms. The minimum absolute atomic E-state index is 0.00634. The standard InChI is InChI=1S/C11H11NO2/c1-6(13)11-7(2)14-10-4-3-8(12)5-9(10)11/h3-5H,12H2,1-2H3. The first-order chi connectivity index (χ1) is 6.59. The predicted molar refractivity (Wildman–Crippen MR) is 55.4 cm³/mol. The number of furan rings is 1. The fraction of sp³-hybridized carbons (Fsp3) is 0.182. The monoisotopic (exact) mass is 189 g/mol. The fourth-order valence-corrected chi connectivity index (χ4v) is 1.68. The average Bonchev–Trinajstić information content (AvgIpc) is 2.40. The van der Waals surface area contributed by atoms with Crippen LogP contribution in [-0.4, -0.2) is 5.78 Å². The van der Waals surface area contributed by atoms with Gasteiger partial charge in [0, 0.05) is 11.1 Å². The molecule has 0 unspecified atom stereocenters. The number of nitrogen functional groups attached to an aromatic ring is 1. The van der Waals surface area contributed by atoms with Crippen LogP contribution in [-0.2, 0) is 0 Å². The Bertz CT molecular complexity index is 511. The van der Waals surface area contributed by atoms with Gasteiger partial charge in [0.1, 0.15) is 11.3 Å². The minimum atomic E-state index is 0.00634. The summed E-state index contributed by atoms with van der Waals surface area (Å²) in [5.74, 6) is 0.657. The molecule has 1 heterocycles. The van der Waals surface area contributed by atoms with Gasteiger partial charge in [-0.25, -0.2) is 0 Å². The lowest BCUT2D eigenvalue weighted by atomic mass is 10.1. The van der Waals surface area contributed by atoms with Crippen LogP contribution < -0.4 is 5.73 Å². The van der Waals surface area contributed by atoms with Gasteiger partial charge in [0.25, 0.3) is 0 Å². The molecule has 2 rings (SSSR count). The van der Waals surface area contributed by atoms with E-state index in [2.05, 4.69) is 0 Å². The van der Waals surface area contributed by atoms with Crippen LogP contribution in [0.1, 0.15) is 23.0 Å². The first kappa shape index (κ1) is 8.81. The SMILES string of the molecule is CC(=O)c1c(C)oc2ccc(N)cc12. The predicted octanol–water partition coefficient (Wildman–Crippen LogP) is 2.53. The van der Waals surface area contributed by atoms with Crippen LogP contribution in [0.15, 0.2) is 22.6 Å². The summed E-state index contributed by atoms with van der Waals surface area (Å²) in [5, 5.41) is 0.801. The summed E-state index contributed by atoms with van der Waals surface area (Å²) in [6.07, 6.45) is 0. The van der Waals surface area contributed by atoms with Crippen molar-refractivity contribution in [2.75, 3.05) is 5.73 Å². The average molecular weight is 189 g/mol. The van der Waals surface area contributed by atoms with Crippen molar-refractivity contribution in [2.24, 2.45) is 0 Å². The van der Waals surface area contributed by atoms with E-state index in [1.165, 1.54) is 6.92 Å². The molecule has 2 aromatic rings. The summed E-state index contributed by atoms with van der Waals surface area (Å²) < 4.78 is 5.44. The van der Waals surface area contributed by atoms with E-state index in [9.17, 15) is 4.79 Å². The van der Waals surface area contributed by atoms with Crippen molar-refractivity contribution in [3.8, 4) is 0 Å². The van der Waals surface area contributed by atoms with E-state index in [1.54, 1.807) is 25.1 Å². The first-order valence-corrected chi connectivity index (χ1v) is 4.39. The van der Waals surface area contributed by atoms with Gasteiger partial charge in [-0.05, 0) is 32.0 Å². The van der Waals surface area contributed by atoms with Gasteiger partial charge in [-0.1, -0.05) is 0 Å². The van der Waals surface area contributed by atoms with E-state index in [4.69, 9.17) is 10.2 Å². The molecule has 3 nitrogen and oxygen atoms in total. The Hall–Kier alpha value is -1.77. The van der Waals surface area contributed by atoms with Crippen molar-refractivity contribution in [3.05, 3.63) is 29.5 Å². The number of hydrogen-bond acceptors (Lipinski definition) is 3. The topological polar surface area (TPSA) is 56.2 Å². The normalized spacial score (nSPS) is 10.7. The van der Waals surface area contributed by atoms with Gasteiger partial charge >= 0.3 is 0 Å². The van der Waals surface area contributed by atoms with Crippen LogP contribution in [0.25, 0.3) is 11.0 Å². The Balaban J connectivity index is 2.86. The van der Waals surface area contributed by atoms with Crippen molar-refractivity contribution >= 4 is 22.4 Å². The highest BCUT2D eigenvalue weighted by Gasteiger charge is 2.14. The van der Waals surface area contributed by atoms with Gasteiger partial charge in [0.2, 0.25) is 0 Å². The molecule has 0 aliphatic carbocycles. The number of nitrogens with two attached hydrogens (primary N) is 1. The summed E-state index contributed by atoms with van der Waals surface area (Å²) in [4.78, 5) is 11.4. The molecule has 0 radical (unpaired) electrons. The molecule has 72 valence electrons. The second kappa shape index (κ2) is 2.87. The van der Waals surface area contributed by atoms with Crippen LogP contribution in [0.5, 0.6) is 0 Å².